The second kappa shape index (κ2) is 8.74. The maximum atomic E-state index is 12.7. The van der Waals surface area contributed by atoms with Crippen molar-refractivity contribution in [2.45, 2.75) is 0 Å². The number of hydrogen-bond donors (Lipinski definition) is 4. The number of rotatable bonds is 6. The van der Waals surface area contributed by atoms with Crippen LogP contribution in [0.2, 0.25) is 0 Å². The molecule has 2 aromatic carbocycles. The van der Waals surface area contributed by atoms with Gasteiger partial charge in [-0.05, 0) is 54.6 Å². The molecule has 0 aliphatic rings. The molecule has 4 rings (SSSR count). The smallest absolute Gasteiger partial charge is 0.256 e. The first kappa shape index (κ1) is 18.9. The van der Waals surface area contributed by atoms with Crippen molar-refractivity contribution in [2.75, 3.05) is 21.7 Å². The zero-order chi connectivity index (χ0) is 20.8. The first-order valence-corrected chi connectivity index (χ1v) is 9.33. The molecule has 0 unspecified atom stereocenters. The molecule has 2 aromatic heterocycles. The Kier molecular flexibility index (Phi) is 5.52. The molecule has 0 spiro atoms. The molecule has 7 nitrogen and oxygen atoms in total. The molecule has 4 aromatic rings. The van der Waals surface area contributed by atoms with Crippen LogP contribution in [0.25, 0.3) is 0 Å². The molecule has 0 saturated heterocycles. The van der Waals surface area contributed by atoms with Gasteiger partial charge in [-0.1, -0.05) is 12.1 Å². The Morgan fingerprint density at radius 1 is 0.733 bits per heavy atom. The number of nitrogens with zero attached hydrogens (tertiary/aromatic N) is 2. The molecule has 30 heavy (non-hydrogen) atoms. The van der Waals surface area contributed by atoms with Gasteiger partial charge in [-0.15, -0.1) is 0 Å². The second-order valence-corrected chi connectivity index (χ2v) is 6.58. The lowest BCUT2D eigenvalue weighted by Crippen LogP contribution is -2.13. The molecule has 7 heteroatoms. The van der Waals surface area contributed by atoms with Crippen molar-refractivity contribution in [3.63, 3.8) is 0 Å². The molecular formula is C23H20N6O. The monoisotopic (exact) mass is 396 g/mol. The number of amides is 1. The first-order chi connectivity index (χ1) is 14.7. The summed E-state index contributed by atoms with van der Waals surface area (Å²) in [5.41, 5.74) is 10.3. The van der Waals surface area contributed by atoms with Gasteiger partial charge in [-0.2, -0.15) is 0 Å². The van der Waals surface area contributed by atoms with Crippen LogP contribution >= 0.6 is 0 Å². The van der Waals surface area contributed by atoms with Crippen LogP contribution in [0.4, 0.5) is 34.3 Å². The molecule has 1 amide bonds. The molecule has 0 aliphatic heterocycles. The predicted molar refractivity (Wildman–Crippen MR) is 120 cm³/mol. The van der Waals surface area contributed by atoms with Gasteiger partial charge in [0.2, 0.25) is 0 Å². The lowest BCUT2D eigenvalue weighted by atomic mass is 10.1. The van der Waals surface area contributed by atoms with Gasteiger partial charge >= 0.3 is 0 Å². The summed E-state index contributed by atoms with van der Waals surface area (Å²) in [7, 11) is 0. The van der Waals surface area contributed by atoms with Crippen molar-refractivity contribution in [1.82, 2.24) is 9.97 Å². The van der Waals surface area contributed by atoms with E-state index in [1.165, 1.54) is 0 Å². The molecule has 0 fully saturated rings. The minimum atomic E-state index is -0.250. The lowest BCUT2D eigenvalue weighted by molar-refractivity contribution is 0.102. The Hall–Kier alpha value is -4.39. The highest BCUT2D eigenvalue weighted by atomic mass is 16.1. The predicted octanol–water partition coefficient (Wildman–Crippen LogP) is 4.80. The van der Waals surface area contributed by atoms with E-state index < -0.39 is 0 Å². The summed E-state index contributed by atoms with van der Waals surface area (Å²) in [6, 6.07) is 22.0. The van der Waals surface area contributed by atoms with Gasteiger partial charge in [0.05, 0.1) is 0 Å². The van der Waals surface area contributed by atoms with Crippen LogP contribution < -0.4 is 21.7 Å². The van der Waals surface area contributed by atoms with E-state index in [2.05, 4.69) is 25.9 Å². The van der Waals surface area contributed by atoms with Gasteiger partial charge in [0.15, 0.2) is 0 Å². The molecule has 0 radical (unpaired) electrons. The third-order valence-corrected chi connectivity index (χ3v) is 4.27. The topological polar surface area (TPSA) is 105 Å². The van der Waals surface area contributed by atoms with Crippen LogP contribution in [0.5, 0.6) is 0 Å². The third kappa shape index (κ3) is 4.90. The number of nitrogens with two attached hydrogens (primary N) is 1. The van der Waals surface area contributed by atoms with E-state index in [9.17, 15) is 4.79 Å². The zero-order valence-electron chi connectivity index (χ0n) is 16.0. The maximum Gasteiger partial charge on any atom is 0.256 e. The number of hydrogen-bond acceptors (Lipinski definition) is 6. The minimum absolute atomic E-state index is 0.250. The van der Waals surface area contributed by atoms with Gasteiger partial charge in [0, 0.05) is 58.7 Å². The minimum Gasteiger partial charge on any atom is -0.399 e. The number of carbonyl (C=O) groups is 1. The summed E-state index contributed by atoms with van der Waals surface area (Å²) in [4.78, 5) is 20.9. The van der Waals surface area contributed by atoms with Crippen molar-refractivity contribution < 1.29 is 4.79 Å². The highest BCUT2D eigenvalue weighted by Gasteiger charge is 2.09. The number of nitrogens with one attached hydrogen (secondary N) is 3. The maximum absolute atomic E-state index is 12.7. The fourth-order valence-corrected chi connectivity index (χ4v) is 2.89. The Morgan fingerprint density at radius 3 is 2.20 bits per heavy atom. The van der Waals surface area contributed by atoms with Gasteiger partial charge < -0.3 is 21.7 Å². The zero-order valence-corrected chi connectivity index (χ0v) is 16.0. The van der Waals surface area contributed by atoms with Gasteiger partial charge in [-0.3, -0.25) is 9.78 Å². The Labute approximate surface area is 174 Å². The summed E-state index contributed by atoms with van der Waals surface area (Å²) in [6.07, 6.45) is 5.05. The van der Waals surface area contributed by atoms with Crippen LogP contribution in [0.3, 0.4) is 0 Å². The summed E-state index contributed by atoms with van der Waals surface area (Å²) in [5.74, 6) is 0.202. The standard InChI is InChI=1S/C23H20N6O/c24-17-4-2-6-20(14-17)28-19-5-1-3-16(13-19)23(30)29-22-15-21(9-12-26-22)27-18-7-10-25-11-8-18/h1-15,28H,24H2,(H2,25,26,27,29,30). The van der Waals surface area contributed by atoms with Crippen LogP contribution in [-0.4, -0.2) is 15.9 Å². The van der Waals surface area contributed by atoms with Crippen molar-refractivity contribution in [1.29, 1.82) is 0 Å². The van der Waals surface area contributed by atoms with Crippen LogP contribution in [-0.2, 0) is 0 Å². The molecule has 0 atom stereocenters. The molecular weight excluding hydrogens is 376 g/mol. The average Bonchev–Trinajstić information content (AvgIpc) is 2.75. The Balaban J connectivity index is 1.46. The summed E-state index contributed by atoms with van der Waals surface area (Å²) >= 11 is 0. The number of carbonyl (C=O) groups excluding carboxylic acids is 1. The quantitative estimate of drug-likeness (QED) is 0.349. The van der Waals surface area contributed by atoms with Crippen LogP contribution in [0.15, 0.2) is 91.4 Å². The second-order valence-electron chi connectivity index (χ2n) is 6.58. The fourth-order valence-electron chi connectivity index (χ4n) is 2.89. The van der Waals surface area contributed by atoms with E-state index in [4.69, 9.17) is 5.73 Å². The summed E-state index contributed by atoms with van der Waals surface area (Å²) in [6.45, 7) is 0. The van der Waals surface area contributed by atoms with Crippen molar-refractivity contribution in [3.05, 3.63) is 97.0 Å². The van der Waals surface area contributed by atoms with E-state index in [0.717, 1.165) is 22.7 Å². The van der Waals surface area contributed by atoms with Crippen LogP contribution in [0.1, 0.15) is 10.4 Å². The molecule has 0 saturated carbocycles. The lowest BCUT2D eigenvalue weighted by Gasteiger charge is -2.10. The number of benzene rings is 2. The van der Waals surface area contributed by atoms with Crippen molar-refractivity contribution >= 4 is 40.2 Å². The molecule has 2 heterocycles. The SMILES string of the molecule is Nc1cccc(Nc2cccc(C(=O)Nc3cc(Nc4ccncc4)ccn3)c2)c1. The third-order valence-electron chi connectivity index (χ3n) is 4.27. The highest BCUT2D eigenvalue weighted by molar-refractivity contribution is 6.04. The van der Waals surface area contributed by atoms with E-state index in [1.807, 2.05) is 54.6 Å². The normalized spacial score (nSPS) is 10.3. The Bertz CT molecular complexity index is 1160. The van der Waals surface area contributed by atoms with Crippen LogP contribution in [0, 0.1) is 0 Å². The van der Waals surface area contributed by atoms with E-state index in [1.54, 1.807) is 36.8 Å². The fraction of sp³-hybridized carbons (Fsp3) is 0. The van der Waals surface area contributed by atoms with Crippen molar-refractivity contribution in [2.24, 2.45) is 0 Å². The molecule has 5 N–H and O–H groups in total. The number of aromatic nitrogens is 2. The molecule has 0 bridgehead atoms. The number of pyridine rings is 2. The largest absolute Gasteiger partial charge is 0.399 e. The average molecular weight is 396 g/mol. The highest BCUT2D eigenvalue weighted by Crippen LogP contribution is 2.21. The summed E-state index contributed by atoms with van der Waals surface area (Å²) < 4.78 is 0. The van der Waals surface area contributed by atoms with E-state index in [-0.39, 0.29) is 5.91 Å². The molecule has 0 aliphatic carbocycles. The number of nitrogen functional groups attached to an aromatic ring is 1. The van der Waals surface area contributed by atoms with E-state index in [0.29, 0.717) is 17.1 Å². The van der Waals surface area contributed by atoms with Gasteiger partial charge in [-0.25, -0.2) is 4.98 Å². The van der Waals surface area contributed by atoms with E-state index >= 15 is 0 Å². The Morgan fingerprint density at radius 2 is 1.40 bits per heavy atom. The van der Waals surface area contributed by atoms with Gasteiger partial charge in [0.25, 0.3) is 5.91 Å². The number of anilines is 6. The van der Waals surface area contributed by atoms with Crippen molar-refractivity contribution in [3.8, 4) is 0 Å². The summed E-state index contributed by atoms with van der Waals surface area (Å²) in [5, 5.41) is 9.33. The van der Waals surface area contributed by atoms with Gasteiger partial charge in [0.1, 0.15) is 5.82 Å². The first-order valence-electron chi connectivity index (χ1n) is 9.33. The molecule has 148 valence electrons.